The highest BCUT2D eigenvalue weighted by atomic mass is 16.1. The lowest BCUT2D eigenvalue weighted by Gasteiger charge is -2.11. The van der Waals surface area contributed by atoms with Gasteiger partial charge in [-0.1, -0.05) is 18.2 Å². The van der Waals surface area contributed by atoms with Crippen LogP contribution in [0.2, 0.25) is 0 Å². The number of hydrogen-bond donors (Lipinski definition) is 2. The number of amides is 1. The molecule has 2 aromatic rings. The van der Waals surface area contributed by atoms with E-state index in [1.54, 1.807) is 10.9 Å². The van der Waals surface area contributed by atoms with E-state index in [1.807, 2.05) is 45.0 Å². The maximum absolute atomic E-state index is 12.1. The number of carbonyl (C=O) groups is 1. The average molecular weight is 272 g/mol. The molecule has 5 nitrogen and oxygen atoms in total. The maximum Gasteiger partial charge on any atom is 0.255 e. The number of hydrogen-bond acceptors (Lipinski definition) is 3. The van der Waals surface area contributed by atoms with Gasteiger partial charge in [-0.2, -0.15) is 5.10 Å². The van der Waals surface area contributed by atoms with Gasteiger partial charge in [0.2, 0.25) is 0 Å². The zero-order valence-electron chi connectivity index (χ0n) is 12.1. The topological polar surface area (TPSA) is 72.9 Å². The molecule has 0 fully saturated rings. The lowest BCUT2D eigenvalue weighted by atomic mass is 10.2. The van der Waals surface area contributed by atoms with Crippen molar-refractivity contribution in [2.24, 2.45) is 5.73 Å². The quantitative estimate of drug-likeness (QED) is 0.887. The highest BCUT2D eigenvalue weighted by molar-refractivity contribution is 5.95. The van der Waals surface area contributed by atoms with Gasteiger partial charge < -0.3 is 11.1 Å². The monoisotopic (exact) mass is 272 g/mol. The molecule has 1 heterocycles. The fraction of sp³-hybridized carbons (Fsp3) is 0.333. The van der Waals surface area contributed by atoms with Gasteiger partial charge in [-0.3, -0.25) is 4.79 Å². The molecule has 20 heavy (non-hydrogen) atoms. The number of aromatic nitrogens is 2. The Labute approximate surface area is 118 Å². The summed E-state index contributed by atoms with van der Waals surface area (Å²) < 4.78 is 1.79. The molecule has 0 saturated carbocycles. The number of carbonyl (C=O) groups excluding carboxylic acids is 1. The summed E-state index contributed by atoms with van der Waals surface area (Å²) in [6, 6.07) is 7.89. The summed E-state index contributed by atoms with van der Waals surface area (Å²) in [5.74, 6) is -0.139. The van der Waals surface area contributed by atoms with Crippen LogP contribution in [0.3, 0.4) is 0 Å². The molecule has 0 saturated heterocycles. The van der Waals surface area contributed by atoms with Crippen molar-refractivity contribution in [1.29, 1.82) is 0 Å². The fourth-order valence-electron chi connectivity index (χ4n) is 2.04. The van der Waals surface area contributed by atoms with Crippen molar-refractivity contribution in [2.75, 3.05) is 6.54 Å². The third-order valence-corrected chi connectivity index (χ3v) is 3.33. The first kappa shape index (κ1) is 14.3. The first-order chi connectivity index (χ1) is 9.54. The van der Waals surface area contributed by atoms with Crippen LogP contribution >= 0.6 is 0 Å². The first-order valence-corrected chi connectivity index (χ1v) is 6.66. The molecule has 0 aliphatic rings. The van der Waals surface area contributed by atoms with Crippen molar-refractivity contribution in [3.05, 3.63) is 47.3 Å². The molecule has 0 bridgehead atoms. The Bertz CT molecular complexity index is 618. The maximum atomic E-state index is 12.1. The Morgan fingerprint density at radius 3 is 2.75 bits per heavy atom. The summed E-state index contributed by atoms with van der Waals surface area (Å²) >= 11 is 0. The standard InChI is InChI=1S/C15H20N4O/c1-10-6-4-5-7-14(10)19-12(3)13(9-17-19)15(20)18-11(2)8-16/h4-7,9,11H,8,16H2,1-3H3,(H,18,20)/t11-/m0/s1. The molecule has 2 rings (SSSR count). The van der Waals surface area contributed by atoms with Crippen LogP contribution in [0.15, 0.2) is 30.5 Å². The van der Waals surface area contributed by atoms with Crippen LogP contribution in [0.1, 0.15) is 28.5 Å². The second-order valence-corrected chi connectivity index (χ2v) is 4.95. The van der Waals surface area contributed by atoms with E-state index in [0.717, 1.165) is 16.9 Å². The molecular formula is C15H20N4O. The Kier molecular flexibility index (Phi) is 4.20. The minimum Gasteiger partial charge on any atom is -0.348 e. The SMILES string of the molecule is Cc1ccccc1-n1ncc(C(=O)N[C@@H](C)CN)c1C. The molecule has 1 aromatic heterocycles. The number of aryl methyl sites for hydroxylation is 1. The van der Waals surface area contributed by atoms with Crippen LogP contribution in [0.4, 0.5) is 0 Å². The van der Waals surface area contributed by atoms with E-state index in [4.69, 9.17) is 5.73 Å². The van der Waals surface area contributed by atoms with Gasteiger partial charge in [0.1, 0.15) is 0 Å². The predicted octanol–water partition coefficient (Wildman–Crippen LogP) is 1.57. The lowest BCUT2D eigenvalue weighted by molar-refractivity contribution is 0.0940. The smallest absolute Gasteiger partial charge is 0.255 e. The summed E-state index contributed by atoms with van der Waals surface area (Å²) in [7, 11) is 0. The highest BCUT2D eigenvalue weighted by Gasteiger charge is 2.16. The molecule has 0 aliphatic carbocycles. The van der Waals surface area contributed by atoms with Crippen LogP contribution in [-0.4, -0.2) is 28.3 Å². The Hall–Kier alpha value is -2.14. The first-order valence-electron chi connectivity index (χ1n) is 6.66. The number of para-hydroxylation sites is 1. The summed E-state index contributed by atoms with van der Waals surface area (Å²) in [6.07, 6.45) is 1.60. The molecule has 0 radical (unpaired) electrons. The largest absolute Gasteiger partial charge is 0.348 e. The van der Waals surface area contributed by atoms with Gasteiger partial charge in [0.25, 0.3) is 5.91 Å². The summed E-state index contributed by atoms with van der Waals surface area (Å²) in [5, 5.41) is 7.17. The highest BCUT2D eigenvalue weighted by Crippen LogP contribution is 2.17. The van der Waals surface area contributed by atoms with Gasteiger partial charge in [-0.25, -0.2) is 4.68 Å². The Morgan fingerprint density at radius 2 is 2.10 bits per heavy atom. The third kappa shape index (κ3) is 2.72. The van der Waals surface area contributed by atoms with Gasteiger partial charge in [-0.05, 0) is 32.4 Å². The fourth-order valence-corrected chi connectivity index (χ4v) is 2.04. The predicted molar refractivity (Wildman–Crippen MR) is 79.0 cm³/mol. The van der Waals surface area contributed by atoms with Crippen molar-refractivity contribution in [3.63, 3.8) is 0 Å². The van der Waals surface area contributed by atoms with Crippen molar-refractivity contribution < 1.29 is 4.79 Å². The van der Waals surface area contributed by atoms with E-state index in [1.165, 1.54) is 0 Å². The number of nitrogens with zero attached hydrogens (tertiary/aromatic N) is 2. The second-order valence-electron chi connectivity index (χ2n) is 4.95. The van der Waals surface area contributed by atoms with E-state index in [2.05, 4.69) is 10.4 Å². The lowest BCUT2D eigenvalue weighted by Crippen LogP contribution is -2.37. The van der Waals surface area contributed by atoms with Gasteiger partial charge >= 0.3 is 0 Å². The van der Waals surface area contributed by atoms with E-state index < -0.39 is 0 Å². The molecule has 0 spiro atoms. The Balaban J connectivity index is 2.32. The number of benzene rings is 1. The average Bonchev–Trinajstić information content (AvgIpc) is 2.81. The van der Waals surface area contributed by atoms with Crippen molar-refractivity contribution in [1.82, 2.24) is 15.1 Å². The van der Waals surface area contributed by atoms with Crippen LogP contribution in [0.25, 0.3) is 5.69 Å². The number of nitrogens with two attached hydrogens (primary N) is 1. The zero-order chi connectivity index (χ0) is 14.7. The molecule has 1 atom stereocenters. The van der Waals surface area contributed by atoms with Gasteiger partial charge in [0.15, 0.2) is 0 Å². The summed E-state index contributed by atoms with van der Waals surface area (Å²) in [4.78, 5) is 12.1. The second kappa shape index (κ2) is 5.88. The molecule has 1 amide bonds. The van der Waals surface area contributed by atoms with E-state index in [-0.39, 0.29) is 11.9 Å². The minimum absolute atomic E-state index is 0.0521. The van der Waals surface area contributed by atoms with E-state index in [9.17, 15) is 4.79 Å². The number of rotatable bonds is 4. The van der Waals surface area contributed by atoms with Crippen LogP contribution in [-0.2, 0) is 0 Å². The van der Waals surface area contributed by atoms with Gasteiger partial charge in [0.05, 0.1) is 23.1 Å². The normalized spacial score (nSPS) is 12.2. The molecular weight excluding hydrogens is 252 g/mol. The van der Waals surface area contributed by atoms with Crippen LogP contribution in [0.5, 0.6) is 0 Å². The van der Waals surface area contributed by atoms with E-state index >= 15 is 0 Å². The molecule has 1 aromatic carbocycles. The summed E-state index contributed by atoms with van der Waals surface area (Å²) in [5.41, 5.74) is 9.01. The third-order valence-electron chi connectivity index (χ3n) is 3.33. The zero-order valence-corrected chi connectivity index (χ0v) is 12.1. The molecule has 3 N–H and O–H groups in total. The Morgan fingerprint density at radius 1 is 1.40 bits per heavy atom. The molecule has 0 aliphatic heterocycles. The van der Waals surface area contributed by atoms with Crippen molar-refractivity contribution in [2.45, 2.75) is 26.8 Å². The number of nitrogens with one attached hydrogen (secondary N) is 1. The van der Waals surface area contributed by atoms with Gasteiger partial charge in [0, 0.05) is 12.6 Å². The van der Waals surface area contributed by atoms with E-state index in [0.29, 0.717) is 12.1 Å². The van der Waals surface area contributed by atoms with Crippen molar-refractivity contribution >= 4 is 5.91 Å². The van der Waals surface area contributed by atoms with Crippen molar-refractivity contribution in [3.8, 4) is 5.69 Å². The molecule has 106 valence electrons. The van der Waals surface area contributed by atoms with Gasteiger partial charge in [-0.15, -0.1) is 0 Å². The summed E-state index contributed by atoms with van der Waals surface area (Å²) in [6.45, 7) is 6.20. The van der Waals surface area contributed by atoms with Crippen LogP contribution in [0, 0.1) is 13.8 Å². The molecule has 0 unspecified atom stereocenters. The molecule has 5 heteroatoms. The van der Waals surface area contributed by atoms with Crippen LogP contribution < -0.4 is 11.1 Å². The minimum atomic E-state index is -0.139.